The number of thiocarbonyl (C=S) groups is 1. The van der Waals surface area contributed by atoms with E-state index in [1.54, 1.807) is 16.4 Å². The molecule has 1 aliphatic heterocycles. The van der Waals surface area contributed by atoms with Crippen LogP contribution in [-0.2, 0) is 10.0 Å². The fourth-order valence-electron chi connectivity index (χ4n) is 2.29. The van der Waals surface area contributed by atoms with E-state index in [1.807, 2.05) is 0 Å². The first-order chi connectivity index (χ1) is 8.72. The molecule has 0 aliphatic carbocycles. The smallest absolute Gasteiger partial charge is 0.252 e. The Morgan fingerprint density at radius 2 is 2.16 bits per heavy atom. The van der Waals surface area contributed by atoms with Crippen molar-refractivity contribution in [2.45, 2.75) is 30.9 Å². The third kappa shape index (κ3) is 3.16. The molecule has 0 radical (unpaired) electrons. The fraction of sp³-hybridized carbons (Fsp3) is 0.583. The lowest BCUT2D eigenvalue weighted by Gasteiger charge is -2.36. The van der Waals surface area contributed by atoms with Crippen molar-refractivity contribution in [3.8, 4) is 0 Å². The number of piperidine rings is 1. The van der Waals surface area contributed by atoms with Crippen LogP contribution in [0.25, 0.3) is 0 Å². The summed E-state index contributed by atoms with van der Waals surface area (Å²) in [7, 11) is -3.41. The Morgan fingerprint density at radius 1 is 1.47 bits per heavy atom. The number of nitrogens with zero attached hydrogens (tertiary/aromatic N) is 1. The first-order valence-corrected chi connectivity index (χ1v) is 8.79. The molecule has 1 saturated heterocycles. The van der Waals surface area contributed by atoms with E-state index in [0.29, 0.717) is 22.2 Å². The molecule has 0 saturated carbocycles. The maximum atomic E-state index is 12.6. The van der Waals surface area contributed by atoms with E-state index in [1.165, 1.54) is 0 Å². The zero-order valence-corrected chi connectivity index (χ0v) is 13.5. The van der Waals surface area contributed by atoms with E-state index in [2.05, 4.69) is 13.8 Å². The normalized spacial score (nSPS) is 20.3. The zero-order valence-electron chi connectivity index (χ0n) is 11.0. The molecule has 4 nitrogen and oxygen atoms in total. The highest BCUT2D eigenvalue weighted by atomic mass is 32.2. The number of thiophene rings is 1. The van der Waals surface area contributed by atoms with Crippen molar-refractivity contribution in [3.05, 3.63) is 17.0 Å². The maximum absolute atomic E-state index is 12.6. The summed E-state index contributed by atoms with van der Waals surface area (Å²) < 4.78 is 27.0. The van der Waals surface area contributed by atoms with Crippen LogP contribution in [0, 0.1) is 5.41 Å². The van der Waals surface area contributed by atoms with Crippen LogP contribution in [0.1, 0.15) is 31.6 Å². The van der Waals surface area contributed by atoms with Crippen LogP contribution >= 0.6 is 23.6 Å². The Bertz CT molecular complexity index is 590. The van der Waals surface area contributed by atoms with Crippen LogP contribution in [0.3, 0.4) is 0 Å². The number of nitrogens with two attached hydrogens (primary N) is 1. The Hall–Kier alpha value is -0.500. The lowest BCUT2D eigenvalue weighted by Crippen LogP contribution is -2.43. The van der Waals surface area contributed by atoms with Gasteiger partial charge in [0.25, 0.3) is 10.0 Å². The molecule has 1 aliphatic rings. The highest BCUT2D eigenvalue weighted by Crippen LogP contribution is 2.33. The van der Waals surface area contributed by atoms with Crippen molar-refractivity contribution in [1.82, 2.24) is 4.31 Å². The quantitative estimate of drug-likeness (QED) is 0.868. The van der Waals surface area contributed by atoms with Gasteiger partial charge in [0.15, 0.2) is 0 Å². The number of sulfonamides is 1. The molecule has 106 valence electrons. The minimum atomic E-state index is -3.41. The lowest BCUT2D eigenvalue weighted by molar-refractivity contribution is 0.187. The summed E-state index contributed by atoms with van der Waals surface area (Å²) in [5.41, 5.74) is 5.56. The molecule has 0 unspecified atom stereocenters. The van der Waals surface area contributed by atoms with Gasteiger partial charge in [0.2, 0.25) is 0 Å². The molecule has 1 aromatic heterocycles. The van der Waals surface area contributed by atoms with Crippen LogP contribution in [0.5, 0.6) is 0 Å². The number of hydrogen-bond donors (Lipinski definition) is 1. The van der Waals surface area contributed by atoms with Gasteiger partial charge in [-0.3, -0.25) is 0 Å². The lowest BCUT2D eigenvalue weighted by atomic mass is 9.85. The standard InChI is InChI=1S/C12H18N2O2S3/c1-12(2)6-3-7-14(8-12)19(15,16)10-5-4-9(18-10)11(13)17/h4-5H,3,6-8H2,1-2H3,(H2,13,17). The van der Waals surface area contributed by atoms with Gasteiger partial charge in [-0.25, -0.2) is 8.42 Å². The van der Waals surface area contributed by atoms with Gasteiger partial charge in [0.1, 0.15) is 9.20 Å². The molecule has 19 heavy (non-hydrogen) atoms. The minimum absolute atomic E-state index is 0.0363. The molecule has 7 heteroatoms. The molecular formula is C12H18N2O2S3. The summed E-state index contributed by atoms with van der Waals surface area (Å²) >= 11 is 6.02. The van der Waals surface area contributed by atoms with Crippen molar-refractivity contribution in [2.24, 2.45) is 11.1 Å². The SMILES string of the molecule is CC1(C)CCCN(S(=O)(=O)c2ccc(C(N)=S)s2)C1. The zero-order chi connectivity index (χ0) is 14.3. The highest BCUT2D eigenvalue weighted by Gasteiger charge is 2.34. The van der Waals surface area contributed by atoms with Gasteiger partial charge < -0.3 is 5.73 Å². The second-order valence-corrected chi connectivity index (χ2v) is 9.28. The van der Waals surface area contributed by atoms with Crippen molar-refractivity contribution in [3.63, 3.8) is 0 Å². The predicted molar refractivity (Wildman–Crippen MR) is 82.0 cm³/mol. The molecule has 2 rings (SSSR count). The number of hydrogen-bond acceptors (Lipinski definition) is 4. The summed E-state index contributed by atoms with van der Waals surface area (Å²) in [6.07, 6.45) is 1.96. The predicted octanol–water partition coefficient (Wildman–Crippen LogP) is 2.19. The Labute approximate surface area is 123 Å². The van der Waals surface area contributed by atoms with Gasteiger partial charge in [-0.05, 0) is 30.4 Å². The highest BCUT2D eigenvalue weighted by molar-refractivity contribution is 7.91. The third-order valence-corrected chi connectivity index (χ3v) is 7.06. The summed E-state index contributed by atoms with van der Waals surface area (Å²) in [5, 5.41) is 0. The van der Waals surface area contributed by atoms with Crippen LogP contribution in [-0.4, -0.2) is 30.8 Å². The summed E-state index contributed by atoms with van der Waals surface area (Å²) in [6.45, 7) is 5.36. The Morgan fingerprint density at radius 3 is 2.68 bits per heavy atom. The molecule has 1 fully saturated rings. The van der Waals surface area contributed by atoms with E-state index in [4.69, 9.17) is 18.0 Å². The molecule has 1 aromatic rings. The van der Waals surface area contributed by atoms with Gasteiger partial charge in [-0.15, -0.1) is 11.3 Å². The number of rotatable bonds is 3. The van der Waals surface area contributed by atoms with Crippen LogP contribution in [0.2, 0.25) is 0 Å². The van der Waals surface area contributed by atoms with Gasteiger partial charge in [0.05, 0.1) is 4.88 Å². The van der Waals surface area contributed by atoms with Gasteiger partial charge >= 0.3 is 0 Å². The molecule has 0 aromatic carbocycles. The molecular weight excluding hydrogens is 300 g/mol. The summed E-state index contributed by atoms with van der Waals surface area (Å²) in [5.74, 6) is 0. The van der Waals surface area contributed by atoms with Crippen LogP contribution in [0.15, 0.2) is 16.3 Å². The summed E-state index contributed by atoms with van der Waals surface area (Å²) in [4.78, 5) is 0.885. The summed E-state index contributed by atoms with van der Waals surface area (Å²) in [6, 6.07) is 3.27. The molecule has 0 spiro atoms. The van der Waals surface area contributed by atoms with Gasteiger partial charge in [-0.2, -0.15) is 4.31 Å². The maximum Gasteiger partial charge on any atom is 0.252 e. The molecule has 2 N–H and O–H groups in total. The van der Waals surface area contributed by atoms with Crippen LogP contribution in [0.4, 0.5) is 0 Å². The van der Waals surface area contributed by atoms with Crippen LogP contribution < -0.4 is 5.73 Å². The van der Waals surface area contributed by atoms with Crippen molar-refractivity contribution in [1.29, 1.82) is 0 Å². The van der Waals surface area contributed by atoms with E-state index in [9.17, 15) is 8.42 Å². The first-order valence-electron chi connectivity index (χ1n) is 6.12. The molecule has 0 amide bonds. The molecule has 0 bridgehead atoms. The third-order valence-electron chi connectivity index (χ3n) is 3.28. The monoisotopic (exact) mass is 318 g/mol. The first kappa shape index (κ1) is 14.9. The van der Waals surface area contributed by atoms with E-state index >= 15 is 0 Å². The molecule has 2 heterocycles. The van der Waals surface area contributed by atoms with Crippen molar-refractivity contribution in [2.75, 3.05) is 13.1 Å². The second-order valence-electron chi connectivity index (χ2n) is 5.59. The van der Waals surface area contributed by atoms with Crippen molar-refractivity contribution >= 4 is 38.6 Å². The Kier molecular flexibility index (Phi) is 4.02. The fourth-order valence-corrected chi connectivity index (χ4v) is 5.47. The average molecular weight is 318 g/mol. The van der Waals surface area contributed by atoms with E-state index in [-0.39, 0.29) is 10.4 Å². The van der Waals surface area contributed by atoms with E-state index < -0.39 is 10.0 Å². The van der Waals surface area contributed by atoms with Gasteiger partial charge in [-0.1, -0.05) is 26.1 Å². The second kappa shape index (κ2) is 5.12. The Balaban J connectivity index is 2.28. The van der Waals surface area contributed by atoms with Gasteiger partial charge in [0, 0.05) is 13.1 Å². The topological polar surface area (TPSA) is 63.4 Å². The molecule has 0 atom stereocenters. The minimum Gasteiger partial charge on any atom is -0.389 e. The van der Waals surface area contributed by atoms with E-state index in [0.717, 1.165) is 24.2 Å². The average Bonchev–Trinajstić information content (AvgIpc) is 2.77. The van der Waals surface area contributed by atoms with Crippen molar-refractivity contribution < 1.29 is 8.42 Å². The largest absolute Gasteiger partial charge is 0.389 e.